The van der Waals surface area contributed by atoms with Gasteiger partial charge in [0.25, 0.3) is 0 Å². The Hall–Kier alpha value is -1.58. The smallest absolute Gasteiger partial charge is 0.311 e. The van der Waals surface area contributed by atoms with Crippen LogP contribution in [0.15, 0.2) is 24.4 Å². The molecule has 1 saturated carbocycles. The van der Waals surface area contributed by atoms with Crippen molar-refractivity contribution in [2.45, 2.75) is 19.3 Å². The van der Waals surface area contributed by atoms with Crippen LogP contribution in [0.25, 0.3) is 0 Å². The van der Waals surface area contributed by atoms with E-state index >= 15 is 0 Å². The zero-order valence-electron chi connectivity index (χ0n) is 9.67. The van der Waals surface area contributed by atoms with Gasteiger partial charge >= 0.3 is 5.97 Å². The molecular formula is C13H16N2O2. The fourth-order valence-electron chi connectivity index (χ4n) is 3.35. The minimum Gasteiger partial charge on any atom is -0.481 e. The van der Waals surface area contributed by atoms with Gasteiger partial charge in [-0.1, -0.05) is 12.5 Å². The van der Waals surface area contributed by atoms with E-state index in [1.165, 1.54) is 0 Å². The number of fused-ring (bicyclic) bond motifs is 1. The predicted octanol–water partition coefficient (Wildman–Crippen LogP) is 1.77. The lowest BCUT2D eigenvalue weighted by Gasteiger charge is -2.23. The van der Waals surface area contributed by atoms with Gasteiger partial charge in [0.05, 0.1) is 5.41 Å². The number of carboxylic acids is 1. The molecule has 0 spiro atoms. The van der Waals surface area contributed by atoms with Gasteiger partial charge in [0, 0.05) is 19.3 Å². The maximum Gasteiger partial charge on any atom is 0.311 e. The van der Waals surface area contributed by atoms with Crippen LogP contribution in [0.2, 0.25) is 0 Å². The molecule has 0 aromatic carbocycles. The molecule has 1 aromatic heterocycles. The molecule has 17 heavy (non-hydrogen) atoms. The normalized spacial score (nSPS) is 31.5. The number of rotatable bonds is 2. The van der Waals surface area contributed by atoms with Crippen molar-refractivity contribution in [2.24, 2.45) is 11.3 Å². The molecule has 1 aromatic rings. The molecule has 2 heterocycles. The van der Waals surface area contributed by atoms with E-state index in [1.54, 1.807) is 6.20 Å². The second-order valence-electron chi connectivity index (χ2n) is 5.12. The van der Waals surface area contributed by atoms with Crippen molar-refractivity contribution in [2.75, 3.05) is 18.0 Å². The molecule has 2 atom stereocenters. The Labute approximate surface area is 100 Å². The first-order valence-electron chi connectivity index (χ1n) is 6.12. The molecular weight excluding hydrogens is 216 g/mol. The summed E-state index contributed by atoms with van der Waals surface area (Å²) in [5.41, 5.74) is -0.516. The molecule has 0 bridgehead atoms. The Morgan fingerprint density at radius 3 is 3.06 bits per heavy atom. The highest BCUT2D eigenvalue weighted by Gasteiger charge is 2.55. The number of hydrogen-bond donors (Lipinski definition) is 1. The lowest BCUT2D eigenvalue weighted by molar-refractivity contribution is -0.149. The molecule has 1 aliphatic heterocycles. The molecule has 0 radical (unpaired) electrons. The van der Waals surface area contributed by atoms with E-state index in [1.807, 2.05) is 18.2 Å². The molecule has 1 saturated heterocycles. The first-order chi connectivity index (χ1) is 8.22. The molecule has 3 rings (SSSR count). The fraction of sp³-hybridized carbons (Fsp3) is 0.538. The summed E-state index contributed by atoms with van der Waals surface area (Å²) in [6.07, 6.45) is 4.66. The van der Waals surface area contributed by atoms with Gasteiger partial charge in [0.15, 0.2) is 0 Å². The summed E-state index contributed by atoms with van der Waals surface area (Å²) >= 11 is 0. The van der Waals surface area contributed by atoms with Crippen molar-refractivity contribution in [1.29, 1.82) is 0 Å². The second kappa shape index (κ2) is 3.72. The Bertz CT molecular complexity index is 434. The van der Waals surface area contributed by atoms with Gasteiger partial charge in [0.1, 0.15) is 5.82 Å². The van der Waals surface area contributed by atoms with Gasteiger partial charge < -0.3 is 10.0 Å². The van der Waals surface area contributed by atoms with Gasteiger partial charge in [-0.15, -0.1) is 0 Å². The number of carbonyl (C=O) groups is 1. The highest BCUT2D eigenvalue weighted by atomic mass is 16.4. The summed E-state index contributed by atoms with van der Waals surface area (Å²) < 4.78 is 0. The molecule has 1 N–H and O–H groups in total. The van der Waals surface area contributed by atoms with E-state index in [2.05, 4.69) is 9.88 Å². The zero-order chi connectivity index (χ0) is 11.9. The summed E-state index contributed by atoms with van der Waals surface area (Å²) in [5.74, 6) is 0.572. The van der Waals surface area contributed by atoms with Crippen LogP contribution in [0.5, 0.6) is 0 Å². The third-order valence-corrected chi connectivity index (χ3v) is 4.27. The van der Waals surface area contributed by atoms with E-state index in [9.17, 15) is 9.90 Å². The predicted molar refractivity (Wildman–Crippen MR) is 63.9 cm³/mol. The SMILES string of the molecule is O=C(O)[C@@]12CCC[C@H]1CN(c1ccccn1)C2. The quantitative estimate of drug-likeness (QED) is 0.844. The Balaban J connectivity index is 1.88. The number of anilines is 1. The third-order valence-electron chi connectivity index (χ3n) is 4.27. The van der Waals surface area contributed by atoms with Crippen molar-refractivity contribution in [3.05, 3.63) is 24.4 Å². The van der Waals surface area contributed by atoms with Crippen LogP contribution in [-0.2, 0) is 4.79 Å². The van der Waals surface area contributed by atoms with Crippen LogP contribution in [0, 0.1) is 11.3 Å². The van der Waals surface area contributed by atoms with Crippen LogP contribution < -0.4 is 4.90 Å². The summed E-state index contributed by atoms with van der Waals surface area (Å²) in [5, 5.41) is 9.49. The van der Waals surface area contributed by atoms with Gasteiger partial charge in [-0.3, -0.25) is 4.79 Å². The zero-order valence-corrected chi connectivity index (χ0v) is 9.67. The fourth-order valence-corrected chi connectivity index (χ4v) is 3.35. The van der Waals surface area contributed by atoms with Crippen molar-refractivity contribution in [3.8, 4) is 0 Å². The number of carboxylic acid groups (broad SMARTS) is 1. The lowest BCUT2D eigenvalue weighted by atomic mass is 9.81. The molecule has 4 nitrogen and oxygen atoms in total. The maximum atomic E-state index is 11.5. The first-order valence-corrected chi connectivity index (χ1v) is 6.12. The molecule has 2 aliphatic rings. The van der Waals surface area contributed by atoms with Crippen LogP contribution in [-0.4, -0.2) is 29.1 Å². The molecule has 2 fully saturated rings. The van der Waals surface area contributed by atoms with Crippen LogP contribution >= 0.6 is 0 Å². The minimum atomic E-state index is -0.626. The highest BCUT2D eigenvalue weighted by Crippen LogP contribution is 2.49. The largest absolute Gasteiger partial charge is 0.481 e. The van der Waals surface area contributed by atoms with Crippen LogP contribution in [0.4, 0.5) is 5.82 Å². The summed E-state index contributed by atoms with van der Waals surface area (Å²) in [6.45, 7) is 1.45. The Kier molecular flexibility index (Phi) is 2.31. The number of pyridine rings is 1. The van der Waals surface area contributed by atoms with E-state index < -0.39 is 11.4 Å². The third kappa shape index (κ3) is 1.51. The molecule has 0 unspecified atom stereocenters. The Morgan fingerprint density at radius 2 is 2.41 bits per heavy atom. The van der Waals surface area contributed by atoms with E-state index in [-0.39, 0.29) is 0 Å². The number of nitrogens with zero attached hydrogens (tertiary/aromatic N) is 2. The average molecular weight is 232 g/mol. The summed E-state index contributed by atoms with van der Waals surface area (Å²) in [7, 11) is 0. The van der Waals surface area contributed by atoms with Gasteiger partial charge in [-0.05, 0) is 30.9 Å². The van der Waals surface area contributed by atoms with Crippen molar-refractivity contribution >= 4 is 11.8 Å². The summed E-state index contributed by atoms with van der Waals surface area (Å²) in [6, 6.07) is 5.79. The van der Waals surface area contributed by atoms with E-state index in [4.69, 9.17) is 0 Å². The number of hydrogen-bond acceptors (Lipinski definition) is 3. The lowest BCUT2D eigenvalue weighted by Crippen LogP contribution is -2.35. The second-order valence-corrected chi connectivity index (χ2v) is 5.12. The molecule has 1 aliphatic carbocycles. The number of aromatic nitrogens is 1. The van der Waals surface area contributed by atoms with Crippen molar-refractivity contribution in [1.82, 2.24) is 4.98 Å². The number of aliphatic carboxylic acids is 1. The van der Waals surface area contributed by atoms with E-state index in [0.29, 0.717) is 12.5 Å². The maximum absolute atomic E-state index is 11.5. The van der Waals surface area contributed by atoms with Gasteiger partial charge in [0.2, 0.25) is 0 Å². The van der Waals surface area contributed by atoms with E-state index in [0.717, 1.165) is 31.6 Å². The van der Waals surface area contributed by atoms with Crippen LogP contribution in [0.3, 0.4) is 0 Å². The monoisotopic (exact) mass is 232 g/mol. The van der Waals surface area contributed by atoms with Crippen molar-refractivity contribution in [3.63, 3.8) is 0 Å². The Morgan fingerprint density at radius 1 is 1.53 bits per heavy atom. The first kappa shape index (κ1) is 10.6. The van der Waals surface area contributed by atoms with Crippen molar-refractivity contribution < 1.29 is 9.90 Å². The standard InChI is InChI=1S/C13H16N2O2/c16-12(17)13-6-3-4-10(13)8-15(9-13)11-5-1-2-7-14-11/h1-2,5,7,10H,3-4,6,8-9H2,(H,16,17)/t10-,13+/m0/s1. The van der Waals surface area contributed by atoms with Gasteiger partial charge in [-0.2, -0.15) is 0 Å². The molecule has 4 heteroatoms. The topological polar surface area (TPSA) is 53.4 Å². The van der Waals surface area contributed by atoms with Crippen LogP contribution in [0.1, 0.15) is 19.3 Å². The van der Waals surface area contributed by atoms with Gasteiger partial charge in [-0.25, -0.2) is 4.98 Å². The summed E-state index contributed by atoms with van der Waals surface area (Å²) in [4.78, 5) is 18.0. The highest BCUT2D eigenvalue weighted by molar-refractivity contribution is 5.77. The molecule has 0 amide bonds. The minimum absolute atomic E-state index is 0.294. The average Bonchev–Trinajstić information content (AvgIpc) is 2.87. The molecule has 90 valence electrons.